The first-order valence-corrected chi connectivity index (χ1v) is 5.62. The molecular formula is C13H18N2O2. The molecule has 0 saturated carbocycles. The molecular weight excluding hydrogens is 216 g/mol. The number of carbonyl (C=O) groups excluding carboxylic acids is 1. The molecule has 4 nitrogen and oxygen atoms in total. The maximum Gasteiger partial charge on any atom is 0.327 e. The third kappa shape index (κ3) is 4.00. The summed E-state index contributed by atoms with van der Waals surface area (Å²) >= 11 is 0. The Labute approximate surface area is 102 Å². The van der Waals surface area contributed by atoms with Gasteiger partial charge < -0.3 is 4.74 Å². The van der Waals surface area contributed by atoms with Gasteiger partial charge in [0.25, 0.3) is 0 Å². The number of rotatable bonds is 6. The summed E-state index contributed by atoms with van der Waals surface area (Å²) in [5.41, 5.74) is 1.72. The molecule has 0 aliphatic carbocycles. The molecule has 1 rings (SSSR count). The minimum atomic E-state index is -0.485. The molecule has 0 radical (unpaired) electrons. The molecule has 0 bridgehead atoms. The van der Waals surface area contributed by atoms with Crippen LogP contribution in [0, 0.1) is 6.92 Å². The van der Waals surface area contributed by atoms with Gasteiger partial charge in [0, 0.05) is 18.4 Å². The van der Waals surface area contributed by atoms with Gasteiger partial charge in [0.15, 0.2) is 0 Å². The molecule has 0 amide bonds. The Bertz CT molecular complexity index is 374. The molecule has 0 spiro atoms. The highest BCUT2D eigenvalue weighted by atomic mass is 16.5. The highest BCUT2D eigenvalue weighted by molar-refractivity contribution is 5.77. The largest absolute Gasteiger partial charge is 0.465 e. The van der Waals surface area contributed by atoms with E-state index in [1.165, 1.54) is 0 Å². The number of hydrogen-bond donors (Lipinski definition) is 1. The first-order valence-electron chi connectivity index (χ1n) is 5.62. The molecule has 0 aromatic carbocycles. The average molecular weight is 234 g/mol. The normalized spacial score (nSPS) is 11.9. The standard InChI is InChI=1S/C13H18N2O2/c1-4-8-14-12(13(16)17-5-2)11-7-6-10(3)15-9-11/h4,6-7,9,12,14H,1,5,8H2,2-3H3. The van der Waals surface area contributed by atoms with Crippen LogP contribution < -0.4 is 5.32 Å². The minimum absolute atomic E-state index is 0.292. The second kappa shape index (κ2) is 6.81. The van der Waals surface area contributed by atoms with Gasteiger partial charge in [0.2, 0.25) is 0 Å². The fraction of sp³-hybridized carbons (Fsp3) is 0.385. The molecule has 1 atom stereocenters. The lowest BCUT2D eigenvalue weighted by Gasteiger charge is -2.16. The van der Waals surface area contributed by atoms with Gasteiger partial charge in [-0.1, -0.05) is 12.1 Å². The number of esters is 1. The van der Waals surface area contributed by atoms with Crippen LogP contribution in [0.5, 0.6) is 0 Å². The van der Waals surface area contributed by atoms with Gasteiger partial charge in [-0.15, -0.1) is 6.58 Å². The third-order valence-corrected chi connectivity index (χ3v) is 2.26. The van der Waals surface area contributed by atoms with Crippen molar-refractivity contribution < 1.29 is 9.53 Å². The molecule has 4 heteroatoms. The lowest BCUT2D eigenvalue weighted by atomic mass is 10.1. The van der Waals surface area contributed by atoms with Crippen LogP contribution in [0.1, 0.15) is 24.2 Å². The molecule has 17 heavy (non-hydrogen) atoms. The van der Waals surface area contributed by atoms with E-state index in [0.29, 0.717) is 13.2 Å². The Hall–Kier alpha value is -1.68. The summed E-state index contributed by atoms with van der Waals surface area (Å²) in [6.45, 7) is 8.21. The molecule has 1 aromatic rings. The van der Waals surface area contributed by atoms with E-state index in [-0.39, 0.29) is 5.97 Å². The lowest BCUT2D eigenvalue weighted by Crippen LogP contribution is -2.30. The number of nitrogens with zero attached hydrogens (tertiary/aromatic N) is 1. The number of carbonyl (C=O) groups is 1. The Morgan fingerprint density at radius 2 is 2.41 bits per heavy atom. The zero-order valence-corrected chi connectivity index (χ0v) is 10.3. The van der Waals surface area contributed by atoms with Gasteiger partial charge in [-0.3, -0.25) is 10.3 Å². The van der Waals surface area contributed by atoms with Gasteiger partial charge in [0.1, 0.15) is 6.04 Å². The highest BCUT2D eigenvalue weighted by Crippen LogP contribution is 2.14. The first kappa shape index (κ1) is 13.4. The van der Waals surface area contributed by atoms with E-state index in [1.807, 2.05) is 19.1 Å². The first-order chi connectivity index (χ1) is 8.19. The van der Waals surface area contributed by atoms with Crippen molar-refractivity contribution in [1.29, 1.82) is 0 Å². The predicted octanol–water partition coefficient (Wildman–Crippen LogP) is 1.77. The molecule has 0 aliphatic heterocycles. The van der Waals surface area contributed by atoms with Gasteiger partial charge >= 0.3 is 5.97 Å². The molecule has 0 aliphatic rings. The topological polar surface area (TPSA) is 51.2 Å². The number of hydrogen-bond acceptors (Lipinski definition) is 4. The minimum Gasteiger partial charge on any atom is -0.465 e. The Balaban J connectivity index is 2.84. The summed E-state index contributed by atoms with van der Waals surface area (Å²) < 4.78 is 5.02. The molecule has 1 aromatic heterocycles. The second-order valence-electron chi connectivity index (χ2n) is 3.61. The summed E-state index contributed by atoms with van der Waals surface area (Å²) in [4.78, 5) is 16.0. The van der Waals surface area contributed by atoms with Gasteiger partial charge in [-0.25, -0.2) is 4.79 Å². The van der Waals surface area contributed by atoms with Gasteiger partial charge in [-0.2, -0.15) is 0 Å². The van der Waals surface area contributed by atoms with Gasteiger partial charge in [-0.05, 0) is 25.5 Å². The van der Waals surface area contributed by atoms with Crippen molar-refractivity contribution in [1.82, 2.24) is 10.3 Å². The molecule has 0 fully saturated rings. The van der Waals surface area contributed by atoms with Crippen molar-refractivity contribution >= 4 is 5.97 Å². The third-order valence-electron chi connectivity index (χ3n) is 2.26. The van der Waals surface area contributed by atoms with Crippen LogP contribution in [0.2, 0.25) is 0 Å². The van der Waals surface area contributed by atoms with Crippen molar-refractivity contribution in [3.8, 4) is 0 Å². The number of nitrogens with one attached hydrogen (secondary N) is 1. The predicted molar refractivity (Wildman–Crippen MR) is 66.5 cm³/mol. The van der Waals surface area contributed by atoms with Crippen molar-refractivity contribution in [3.05, 3.63) is 42.2 Å². The summed E-state index contributed by atoms with van der Waals surface area (Å²) in [6, 6.07) is 3.26. The Kier molecular flexibility index (Phi) is 5.36. The van der Waals surface area contributed by atoms with E-state index in [1.54, 1.807) is 19.2 Å². The lowest BCUT2D eigenvalue weighted by molar-refractivity contribution is -0.145. The summed E-state index contributed by atoms with van der Waals surface area (Å²) in [6.07, 6.45) is 3.39. The maximum absolute atomic E-state index is 11.8. The molecule has 92 valence electrons. The zero-order chi connectivity index (χ0) is 12.7. The van der Waals surface area contributed by atoms with Crippen molar-refractivity contribution in [2.45, 2.75) is 19.9 Å². The van der Waals surface area contributed by atoms with Crippen LogP contribution in [0.15, 0.2) is 31.0 Å². The van der Waals surface area contributed by atoms with Crippen molar-refractivity contribution in [2.75, 3.05) is 13.2 Å². The summed E-state index contributed by atoms with van der Waals surface area (Å²) in [5.74, 6) is -0.292. The van der Waals surface area contributed by atoms with Crippen LogP contribution in [0.4, 0.5) is 0 Å². The Morgan fingerprint density at radius 1 is 1.65 bits per heavy atom. The smallest absolute Gasteiger partial charge is 0.327 e. The van der Waals surface area contributed by atoms with Crippen LogP contribution >= 0.6 is 0 Å². The molecule has 1 unspecified atom stereocenters. The van der Waals surface area contributed by atoms with Crippen LogP contribution in [0.25, 0.3) is 0 Å². The molecule has 0 saturated heterocycles. The van der Waals surface area contributed by atoms with Gasteiger partial charge in [0.05, 0.1) is 6.61 Å². The Morgan fingerprint density at radius 3 is 2.94 bits per heavy atom. The van der Waals surface area contributed by atoms with Crippen LogP contribution in [-0.4, -0.2) is 24.1 Å². The quantitative estimate of drug-likeness (QED) is 0.602. The van der Waals surface area contributed by atoms with E-state index >= 15 is 0 Å². The van der Waals surface area contributed by atoms with E-state index in [2.05, 4.69) is 16.9 Å². The summed E-state index contributed by atoms with van der Waals surface area (Å²) in [5, 5.41) is 3.06. The summed E-state index contributed by atoms with van der Waals surface area (Å²) in [7, 11) is 0. The SMILES string of the molecule is C=CCNC(C(=O)OCC)c1ccc(C)nc1. The number of ether oxygens (including phenoxy) is 1. The molecule has 1 N–H and O–H groups in total. The van der Waals surface area contributed by atoms with Crippen LogP contribution in [0.3, 0.4) is 0 Å². The highest BCUT2D eigenvalue weighted by Gasteiger charge is 2.20. The average Bonchev–Trinajstić information content (AvgIpc) is 2.32. The van der Waals surface area contributed by atoms with E-state index in [0.717, 1.165) is 11.3 Å². The fourth-order valence-corrected chi connectivity index (χ4v) is 1.41. The van der Waals surface area contributed by atoms with Crippen LogP contribution in [-0.2, 0) is 9.53 Å². The second-order valence-corrected chi connectivity index (χ2v) is 3.61. The fourth-order valence-electron chi connectivity index (χ4n) is 1.41. The number of aryl methyl sites for hydroxylation is 1. The monoisotopic (exact) mass is 234 g/mol. The maximum atomic E-state index is 11.8. The molecule has 1 heterocycles. The number of pyridine rings is 1. The van der Waals surface area contributed by atoms with E-state index in [4.69, 9.17) is 4.74 Å². The van der Waals surface area contributed by atoms with E-state index < -0.39 is 6.04 Å². The van der Waals surface area contributed by atoms with E-state index in [9.17, 15) is 4.79 Å². The van der Waals surface area contributed by atoms with Crippen molar-refractivity contribution in [3.63, 3.8) is 0 Å². The van der Waals surface area contributed by atoms with Crippen molar-refractivity contribution in [2.24, 2.45) is 0 Å². The number of aromatic nitrogens is 1. The zero-order valence-electron chi connectivity index (χ0n) is 10.3.